The Balaban J connectivity index is 2.15. The molecule has 1 aliphatic rings. The highest BCUT2D eigenvalue weighted by atomic mass is 35.5. The zero-order valence-electron chi connectivity index (χ0n) is 14.0. The third-order valence-corrected chi connectivity index (χ3v) is 4.98. The minimum Gasteiger partial charge on any atom is -0.508 e. The number of nitrogens with one attached hydrogen (secondary N) is 2. The molecule has 1 aliphatic heterocycles. The molecule has 0 aromatic heterocycles. The molecule has 0 aliphatic carbocycles. The summed E-state index contributed by atoms with van der Waals surface area (Å²) in [5.74, 6) is -0.218. The van der Waals surface area contributed by atoms with Crippen LogP contribution in [0.1, 0.15) is 23.5 Å². The Labute approximate surface area is 156 Å². The van der Waals surface area contributed by atoms with Crippen LogP contribution in [-0.2, 0) is 14.8 Å². The Hall–Kier alpha value is -2.45. The van der Waals surface area contributed by atoms with Crippen molar-refractivity contribution in [3.8, 4) is 11.5 Å². The molecule has 1 atom stereocenters. The lowest BCUT2D eigenvalue weighted by molar-refractivity contribution is -0.116. The van der Waals surface area contributed by atoms with Gasteiger partial charge in [0.25, 0.3) is 0 Å². The quantitative estimate of drug-likeness (QED) is 0.737. The van der Waals surface area contributed by atoms with Gasteiger partial charge >= 0.3 is 0 Å². The Morgan fingerprint density at radius 1 is 1.27 bits per heavy atom. The van der Waals surface area contributed by atoms with Crippen molar-refractivity contribution < 1.29 is 23.1 Å². The Morgan fingerprint density at radius 3 is 2.62 bits per heavy atom. The zero-order chi connectivity index (χ0) is 19.1. The van der Waals surface area contributed by atoms with Gasteiger partial charge < -0.3 is 15.2 Å². The lowest BCUT2D eigenvalue weighted by Crippen LogP contribution is -2.24. The minimum absolute atomic E-state index is 0.0320. The lowest BCUT2D eigenvalue weighted by Gasteiger charge is -2.28. The maximum absolute atomic E-state index is 12.2. The lowest BCUT2D eigenvalue weighted by atomic mass is 9.84. The van der Waals surface area contributed by atoms with Crippen molar-refractivity contribution in [1.82, 2.24) is 0 Å². The minimum atomic E-state index is -3.52. The molecular formula is C17H17ClN2O5S. The summed E-state index contributed by atoms with van der Waals surface area (Å²) in [5.41, 5.74) is 2.13. The van der Waals surface area contributed by atoms with Crippen molar-refractivity contribution in [2.75, 3.05) is 23.4 Å². The summed E-state index contributed by atoms with van der Waals surface area (Å²) in [6, 6.07) is 7.79. The van der Waals surface area contributed by atoms with E-state index in [0.717, 1.165) is 11.8 Å². The van der Waals surface area contributed by atoms with E-state index in [-0.39, 0.29) is 29.7 Å². The monoisotopic (exact) mass is 396 g/mol. The van der Waals surface area contributed by atoms with Gasteiger partial charge in [-0.25, -0.2) is 8.42 Å². The molecule has 0 saturated heterocycles. The summed E-state index contributed by atoms with van der Waals surface area (Å²) in [7, 11) is -2.09. The number of carbonyl (C=O) groups is 1. The molecule has 9 heteroatoms. The number of ether oxygens (including phenoxy) is 1. The smallest absolute Gasteiger partial charge is 0.229 e. The third kappa shape index (κ3) is 3.71. The molecule has 26 heavy (non-hydrogen) atoms. The average Bonchev–Trinajstić information content (AvgIpc) is 2.52. The molecule has 2 aromatic carbocycles. The molecule has 0 fully saturated rings. The van der Waals surface area contributed by atoms with E-state index in [4.69, 9.17) is 16.3 Å². The van der Waals surface area contributed by atoms with Gasteiger partial charge in [0.2, 0.25) is 15.9 Å². The molecule has 0 bridgehead atoms. The topological polar surface area (TPSA) is 105 Å². The van der Waals surface area contributed by atoms with E-state index in [9.17, 15) is 18.3 Å². The maximum Gasteiger partial charge on any atom is 0.229 e. The zero-order valence-corrected chi connectivity index (χ0v) is 15.6. The number of hydrogen-bond acceptors (Lipinski definition) is 5. The number of benzene rings is 2. The van der Waals surface area contributed by atoms with Gasteiger partial charge in [-0.2, -0.15) is 0 Å². The van der Waals surface area contributed by atoms with Crippen molar-refractivity contribution in [3.63, 3.8) is 0 Å². The molecule has 0 radical (unpaired) electrons. The van der Waals surface area contributed by atoms with E-state index < -0.39 is 10.0 Å². The van der Waals surface area contributed by atoms with Crippen molar-refractivity contribution in [2.45, 2.75) is 12.3 Å². The number of halogens is 1. The Bertz CT molecular complexity index is 991. The van der Waals surface area contributed by atoms with Crippen LogP contribution in [0.5, 0.6) is 11.5 Å². The van der Waals surface area contributed by atoms with Crippen LogP contribution in [0.3, 0.4) is 0 Å². The molecule has 2 aromatic rings. The van der Waals surface area contributed by atoms with Crippen LogP contribution in [0.25, 0.3) is 0 Å². The molecule has 3 N–H and O–H groups in total. The van der Waals surface area contributed by atoms with E-state index in [1.807, 2.05) is 0 Å². The van der Waals surface area contributed by atoms with Gasteiger partial charge in [-0.05, 0) is 35.4 Å². The number of hydrogen-bond donors (Lipinski definition) is 3. The normalized spacial score (nSPS) is 16.6. The van der Waals surface area contributed by atoms with E-state index in [0.29, 0.717) is 22.0 Å². The molecule has 3 rings (SSSR count). The van der Waals surface area contributed by atoms with Gasteiger partial charge in [0, 0.05) is 23.0 Å². The van der Waals surface area contributed by atoms with Gasteiger partial charge in [-0.15, -0.1) is 0 Å². The fourth-order valence-electron chi connectivity index (χ4n) is 3.01. The molecule has 7 nitrogen and oxygen atoms in total. The molecule has 138 valence electrons. The van der Waals surface area contributed by atoms with Crippen molar-refractivity contribution in [3.05, 3.63) is 46.5 Å². The first-order valence-corrected chi connectivity index (χ1v) is 9.93. The van der Waals surface area contributed by atoms with Crippen molar-refractivity contribution in [2.24, 2.45) is 0 Å². The van der Waals surface area contributed by atoms with Crippen LogP contribution < -0.4 is 14.8 Å². The van der Waals surface area contributed by atoms with E-state index >= 15 is 0 Å². The first kappa shape index (κ1) is 18.3. The fraction of sp³-hybridized carbons (Fsp3) is 0.235. The number of fused-ring (bicyclic) bond motifs is 1. The summed E-state index contributed by atoms with van der Waals surface area (Å²) in [5, 5.41) is 12.6. The number of phenolic OH excluding ortho intramolecular Hbond substituents is 1. The van der Waals surface area contributed by atoms with Crippen LogP contribution in [0.2, 0.25) is 5.02 Å². The van der Waals surface area contributed by atoms with E-state index in [2.05, 4.69) is 10.0 Å². The standard InChI is InChI=1S/C17H17ClN2O5S/c1-25-16-6-12-11(10-4-3-9(21)5-13(10)18)7-17(22)19-14(12)8-15(16)20-26(2,23)24/h3-6,8,11,20-21H,7H2,1-2H3,(H,19,22). The maximum atomic E-state index is 12.2. The number of aromatic hydroxyl groups is 1. The van der Waals surface area contributed by atoms with Crippen LogP contribution >= 0.6 is 11.6 Å². The highest BCUT2D eigenvalue weighted by molar-refractivity contribution is 7.92. The van der Waals surface area contributed by atoms with Gasteiger partial charge in [0.1, 0.15) is 11.5 Å². The summed E-state index contributed by atoms with van der Waals surface area (Å²) < 4.78 is 30.8. The number of carbonyl (C=O) groups excluding carboxylic acids is 1. The van der Waals surface area contributed by atoms with Gasteiger partial charge in [-0.3, -0.25) is 9.52 Å². The second-order valence-electron chi connectivity index (χ2n) is 6.02. The molecule has 1 heterocycles. The van der Waals surface area contributed by atoms with Crippen molar-refractivity contribution >= 4 is 38.9 Å². The number of phenols is 1. The van der Waals surface area contributed by atoms with Gasteiger partial charge in [0.15, 0.2) is 0 Å². The summed E-state index contributed by atoms with van der Waals surface area (Å²) >= 11 is 6.25. The molecular weight excluding hydrogens is 380 g/mol. The SMILES string of the molecule is COc1cc2c(cc1NS(C)(=O)=O)NC(=O)CC2c1ccc(O)cc1Cl. The number of rotatable bonds is 4. The van der Waals surface area contributed by atoms with Crippen LogP contribution in [0.15, 0.2) is 30.3 Å². The second-order valence-corrected chi connectivity index (χ2v) is 8.18. The largest absolute Gasteiger partial charge is 0.508 e. The summed E-state index contributed by atoms with van der Waals surface area (Å²) in [6.07, 6.45) is 1.20. The third-order valence-electron chi connectivity index (χ3n) is 4.07. The Morgan fingerprint density at radius 2 is 2.00 bits per heavy atom. The van der Waals surface area contributed by atoms with E-state index in [1.165, 1.54) is 25.3 Å². The molecule has 1 unspecified atom stereocenters. The van der Waals surface area contributed by atoms with Crippen LogP contribution in [0, 0.1) is 0 Å². The van der Waals surface area contributed by atoms with Crippen molar-refractivity contribution in [1.29, 1.82) is 0 Å². The first-order valence-electron chi connectivity index (χ1n) is 7.66. The number of amides is 1. The highest BCUT2D eigenvalue weighted by Crippen LogP contribution is 2.44. The fourth-order valence-corrected chi connectivity index (χ4v) is 3.88. The van der Waals surface area contributed by atoms with Crippen LogP contribution in [-0.4, -0.2) is 32.8 Å². The summed E-state index contributed by atoms with van der Waals surface area (Å²) in [6.45, 7) is 0. The molecule has 1 amide bonds. The Kier molecular flexibility index (Phi) is 4.72. The van der Waals surface area contributed by atoms with Gasteiger partial charge in [-0.1, -0.05) is 17.7 Å². The average molecular weight is 397 g/mol. The first-order chi connectivity index (χ1) is 12.2. The summed E-state index contributed by atoms with van der Waals surface area (Å²) in [4.78, 5) is 12.2. The predicted molar refractivity (Wildman–Crippen MR) is 99.7 cm³/mol. The molecule has 0 spiro atoms. The van der Waals surface area contributed by atoms with Crippen LogP contribution in [0.4, 0.5) is 11.4 Å². The second kappa shape index (κ2) is 6.69. The highest BCUT2D eigenvalue weighted by Gasteiger charge is 2.30. The molecule has 0 saturated carbocycles. The van der Waals surface area contributed by atoms with Gasteiger partial charge in [0.05, 0.1) is 19.1 Å². The number of methoxy groups -OCH3 is 1. The predicted octanol–water partition coefficient (Wildman–Crippen LogP) is 2.90. The number of sulfonamides is 1. The number of anilines is 2. The van der Waals surface area contributed by atoms with E-state index in [1.54, 1.807) is 12.1 Å².